The van der Waals surface area contributed by atoms with Crippen molar-refractivity contribution in [2.45, 2.75) is 19.0 Å². The molecule has 0 saturated carbocycles. The topological polar surface area (TPSA) is 87.7 Å². The van der Waals surface area contributed by atoms with E-state index in [0.717, 1.165) is 11.6 Å². The maximum Gasteiger partial charge on any atom is 0.416 e. The summed E-state index contributed by atoms with van der Waals surface area (Å²) in [6.07, 6.45) is -4.60. The highest BCUT2D eigenvalue weighted by Crippen LogP contribution is 2.48. The number of nitrogens with two attached hydrogens (primary N) is 1. The molecule has 1 aromatic heterocycles. The van der Waals surface area contributed by atoms with Crippen molar-refractivity contribution in [1.29, 1.82) is 5.26 Å². The number of halogens is 3. The minimum atomic E-state index is -4.60. The van der Waals surface area contributed by atoms with Crippen molar-refractivity contribution in [3.05, 3.63) is 82.2 Å². The molecule has 5 nitrogen and oxygen atoms in total. The number of ether oxygens (including phenoxy) is 1. The van der Waals surface area contributed by atoms with Gasteiger partial charge in [-0.3, -0.25) is 5.10 Å². The van der Waals surface area contributed by atoms with Crippen LogP contribution in [0.15, 0.2) is 60.0 Å². The average molecular weight is 396 g/mol. The van der Waals surface area contributed by atoms with Crippen LogP contribution in [0.4, 0.5) is 13.2 Å². The van der Waals surface area contributed by atoms with E-state index in [1.54, 1.807) is 0 Å². The number of benzene rings is 2. The average Bonchev–Trinajstić information content (AvgIpc) is 3.10. The lowest BCUT2D eigenvalue weighted by Gasteiger charge is -2.26. The summed E-state index contributed by atoms with van der Waals surface area (Å²) in [5.74, 6) is -1.28. The molecule has 0 amide bonds. The third-order valence-electron chi connectivity index (χ3n) is 4.86. The molecule has 146 valence electrons. The Balaban J connectivity index is 2.00. The largest absolute Gasteiger partial charge is 0.420 e. The number of aromatic nitrogens is 2. The van der Waals surface area contributed by atoms with Gasteiger partial charge in [0.15, 0.2) is 0 Å². The van der Waals surface area contributed by atoms with Gasteiger partial charge in [-0.1, -0.05) is 48.0 Å². The third-order valence-corrected chi connectivity index (χ3v) is 4.86. The number of aromatic amines is 1. The fourth-order valence-electron chi connectivity index (χ4n) is 3.50. The number of nitrogens with zero attached hydrogens (tertiary/aromatic N) is 2. The van der Waals surface area contributed by atoms with Crippen molar-refractivity contribution < 1.29 is 17.9 Å². The van der Waals surface area contributed by atoms with Crippen molar-refractivity contribution in [1.82, 2.24) is 10.2 Å². The minimum Gasteiger partial charge on any atom is -0.420 e. The van der Waals surface area contributed by atoms with Gasteiger partial charge < -0.3 is 10.5 Å². The summed E-state index contributed by atoms with van der Waals surface area (Å²) in [5.41, 5.74) is 7.40. The number of H-pyrrole nitrogens is 1. The molecule has 0 bridgehead atoms. The molecule has 1 atom stereocenters. The smallest absolute Gasteiger partial charge is 0.416 e. The summed E-state index contributed by atoms with van der Waals surface area (Å²) in [6, 6.07) is 14.5. The summed E-state index contributed by atoms with van der Waals surface area (Å²) < 4.78 is 46.6. The minimum absolute atomic E-state index is 0.0547. The van der Waals surface area contributed by atoms with Crippen molar-refractivity contribution in [2.24, 2.45) is 5.73 Å². The fraction of sp³-hybridized carbons (Fsp3) is 0.143. The van der Waals surface area contributed by atoms with Gasteiger partial charge in [-0.15, -0.1) is 5.10 Å². The highest BCUT2D eigenvalue weighted by molar-refractivity contribution is 5.71. The highest BCUT2D eigenvalue weighted by Gasteiger charge is 2.41. The van der Waals surface area contributed by atoms with Crippen LogP contribution >= 0.6 is 0 Å². The number of aryl methyl sites for hydroxylation is 1. The Labute approximate surface area is 164 Å². The van der Waals surface area contributed by atoms with E-state index in [1.807, 2.05) is 37.3 Å². The molecule has 0 unspecified atom stereocenters. The summed E-state index contributed by atoms with van der Waals surface area (Å²) in [5, 5.41) is 16.6. The van der Waals surface area contributed by atoms with Crippen LogP contribution in [0.3, 0.4) is 0 Å². The number of nitrogens with one attached hydrogen (secondary N) is 1. The molecule has 2 heterocycles. The molecule has 0 spiro atoms. The monoisotopic (exact) mass is 396 g/mol. The van der Waals surface area contributed by atoms with E-state index in [2.05, 4.69) is 10.2 Å². The first-order valence-corrected chi connectivity index (χ1v) is 8.70. The number of allylic oxidation sites excluding steroid dienone is 1. The van der Waals surface area contributed by atoms with Gasteiger partial charge in [0.1, 0.15) is 11.6 Å². The van der Waals surface area contributed by atoms with Crippen molar-refractivity contribution >= 4 is 0 Å². The van der Waals surface area contributed by atoms with Gasteiger partial charge in [-0.2, -0.15) is 18.4 Å². The Kier molecular flexibility index (Phi) is 4.31. The second-order valence-corrected chi connectivity index (χ2v) is 6.69. The van der Waals surface area contributed by atoms with Crippen LogP contribution in [0, 0.1) is 18.3 Å². The highest BCUT2D eigenvalue weighted by atomic mass is 19.4. The first-order chi connectivity index (χ1) is 13.8. The Bertz CT molecular complexity index is 1150. The van der Waals surface area contributed by atoms with Crippen LogP contribution in [0.1, 0.15) is 28.2 Å². The molecule has 3 N–H and O–H groups in total. The van der Waals surface area contributed by atoms with Crippen molar-refractivity contribution in [3.63, 3.8) is 0 Å². The van der Waals surface area contributed by atoms with Crippen molar-refractivity contribution in [3.8, 4) is 23.2 Å². The van der Waals surface area contributed by atoms with E-state index in [1.165, 1.54) is 18.2 Å². The van der Waals surface area contributed by atoms with Gasteiger partial charge in [0.25, 0.3) is 0 Å². The second kappa shape index (κ2) is 6.71. The standard InChI is InChI=1S/C21H15F3N4O/c1-11-6-8-12(9-7-11)18-17-16(13-4-2-3-5-15(13)21(22,23)24)14(10-25)19(26)29-20(17)28-27-18/h2-9,16H,26H2,1H3,(H,27,28)/t16-/m0/s1. The Morgan fingerprint density at radius 1 is 1.14 bits per heavy atom. The van der Waals surface area contributed by atoms with E-state index in [0.29, 0.717) is 16.8 Å². The summed E-state index contributed by atoms with van der Waals surface area (Å²) in [6.45, 7) is 1.93. The Morgan fingerprint density at radius 3 is 2.48 bits per heavy atom. The van der Waals surface area contributed by atoms with E-state index in [-0.39, 0.29) is 22.9 Å². The summed E-state index contributed by atoms with van der Waals surface area (Å²) in [4.78, 5) is 0. The van der Waals surface area contributed by atoms with Crippen LogP contribution in [0.25, 0.3) is 11.3 Å². The maximum absolute atomic E-state index is 13.7. The molecule has 0 fully saturated rings. The lowest BCUT2D eigenvalue weighted by Crippen LogP contribution is -2.23. The number of hydrogen-bond donors (Lipinski definition) is 2. The molecule has 29 heavy (non-hydrogen) atoms. The third kappa shape index (κ3) is 3.10. The molecule has 0 radical (unpaired) electrons. The fourth-order valence-corrected chi connectivity index (χ4v) is 3.50. The van der Waals surface area contributed by atoms with E-state index in [9.17, 15) is 18.4 Å². The second-order valence-electron chi connectivity index (χ2n) is 6.69. The first-order valence-electron chi connectivity index (χ1n) is 8.70. The van der Waals surface area contributed by atoms with Crippen molar-refractivity contribution in [2.75, 3.05) is 0 Å². The molecule has 2 aromatic carbocycles. The molecule has 0 saturated heterocycles. The first kappa shape index (κ1) is 18.6. The molecule has 4 rings (SSSR count). The van der Waals surface area contributed by atoms with Gasteiger partial charge in [-0.25, -0.2) is 0 Å². The number of rotatable bonds is 2. The molecule has 1 aliphatic rings. The predicted octanol–water partition coefficient (Wildman–Crippen LogP) is 4.62. The Morgan fingerprint density at radius 2 is 1.83 bits per heavy atom. The van der Waals surface area contributed by atoms with E-state index < -0.39 is 17.7 Å². The zero-order chi connectivity index (χ0) is 20.8. The van der Waals surface area contributed by atoms with Crippen LogP contribution in [0.5, 0.6) is 5.88 Å². The number of nitriles is 1. The summed E-state index contributed by atoms with van der Waals surface area (Å²) in [7, 11) is 0. The molecule has 1 aliphatic heterocycles. The number of fused-ring (bicyclic) bond motifs is 1. The van der Waals surface area contributed by atoms with Crippen LogP contribution < -0.4 is 10.5 Å². The quantitative estimate of drug-likeness (QED) is 0.662. The predicted molar refractivity (Wildman–Crippen MR) is 99.5 cm³/mol. The zero-order valence-corrected chi connectivity index (χ0v) is 15.2. The van der Waals surface area contributed by atoms with Crippen LogP contribution in [0.2, 0.25) is 0 Å². The Hall–Kier alpha value is -3.73. The zero-order valence-electron chi connectivity index (χ0n) is 15.2. The van der Waals surface area contributed by atoms with Gasteiger partial charge in [0.2, 0.25) is 11.8 Å². The van der Waals surface area contributed by atoms with Gasteiger partial charge in [-0.05, 0) is 18.6 Å². The number of hydrogen-bond acceptors (Lipinski definition) is 4. The van der Waals surface area contributed by atoms with Gasteiger partial charge in [0, 0.05) is 5.56 Å². The lowest BCUT2D eigenvalue weighted by atomic mass is 9.81. The molecular weight excluding hydrogens is 381 g/mol. The van der Waals surface area contributed by atoms with Crippen LogP contribution in [-0.2, 0) is 6.18 Å². The molecule has 8 heteroatoms. The molecule has 0 aliphatic carbocycles. The molecular formula is C21H15F3N4O. The van der Waals surface area contributed by atoms with Gasteiger partial charge >= 0.3 is 6.18 Å². The number of alkyl halides is 3. The summed E-state index contributed by atoms with van der Waals surface area (Å²) >= 11 is 0. The van der Waals surface area contributed by atoms with Crippen LogP contribution in [-0.4, -0.2) is 10.2 Å². The lowest BCUT2D eigenvalue weighted by molar-refractivity contribution is -0.138. The molecule has 3 aromatic rings. The maximum atomic E-state index is 13.7. The SMILES string of the molecule is Cc1ccc(-c2[nH]nc3c2[C@@H](c2ccccc2C(F)(F)F)C(C#N)=C(N)O3)cc1. The van der Waals surface area contributed by atoms with Gasteiger partial charge in [0.05, 0.1) is 22.7 Å². The van der Waals surface area contributed by atoms with E-state index >= 15 is 0 Å². The van der Waals surface area contributed by atoms with E-state index in [4.69, 9.17) is 10.5 Å². The normalized spacial score (nSPS) is 16.2.